The number of pyridine rings is 2. The molecule has 3 rings (SSSR count). The summed E-state index contributed by atoms with van der Waals surface area (Å²) in [6.07, 6.45) is 2.19. The highest BCUT2D eigenvalue weighted by atomic mass is 14.9. The maximum Gasteiger partial charge on any atom is 0.214 e. The fraction of sp³-hybridized carbons (Fsp3) is 0.385. The predicted octanol–water partition coefficient (Wildman–Crippen LogP) is 6.41. The molecular formula is C26H33N2+. The van der Waals surface area contributed by atoms with Gasteiger partial charge in [0.25, 0.3) is 0 Å². The van der Waals surface area contributed by atoms with Crippen molar-refractivity contribution in [1.29, 1.82) is 0 Å². The van der Waals surface area contributed by atoms with Gasteiger partial charge in [-0.1, -0.05) is 45.9 Å². The summed E-state index contributed by atoms with van der Waals surface area (Å²) in [7, 11) is 2.12. The largest absolute Gasteiger partial charge is 0.258 e. The van der Waals surface area contributed by atoms with E-state index in [0.29, 0.717) is 11.8 Å². The van der Waals surface area contributed by atoms with E-state index in [0.717, 1.165) is 11.4 Å². The summed E-state index contributed by atoms with van der Waals surface area (Å²) in [5.74, 6) is 0.964. The van der Waals surface area contributed by atoms with Crippen molar-refractivity contribution in [2.45, 2.75) is 60.3 Å². The molecule has 0 unspecified atom stereocenters. The Labute approximate surface area is 170 Å². The zero-order valence-corrected chi connectivity index (χ0v) is 18.6. The smallest absolute Gasteiger partial charge is 0.214 e. The molecule has 0 bridgehead atoms. The Morgan fingerprint density at radius 2 is 1.43 bits per heavy atom. The summed E-state index contributed by atoms with van der Waals surface area (Å²) in [4.78, 5) is 4.73. The van der Waals surface area contributed by atoms with E-state index < -0.39 is 0 Å². The van der Waals surface area contributed by atoms with E-state index in [9.17, 15) is 0 Å². The van der Waals surface area contributed by atoms with Gasteiger partial charge in [-0.15, -0.1) is 0 Å². The lowest BCUT2D eigenvalue weighted by atomic mass is 9.85. The molecule has 0 atom stereocenters. The fourth-order valence-corrected chi connectivity index (χ4v) is 4.27. The van der Waals surface area contributed by atoms with E-state index in [4.69, 9.17) is 4.98 Å². The quantitative estimate of drug-likeness (QED) is 0.483. The molecule has 2 heterocycles. The number of aryl methyl sites for hydroxylation is 4. The minimum absolute atomic E-state index is 0.482. The summed E-state index contributed by atoms with van der Waals surface area (Å²) >= 11 is 0. The molecule has 0 aliphatic rings. The Bertz CT molecular complexity index is 964. The third-order valence-corrected chi connectivity index (χ3v) is 5.59. The molecule has 1 aromatic carbocycles. The van der Waals surface area contributed by atoms with Crippen LogP contribution in [0.2, 0.25) is 0 Å². The van der Waals surface area contributed by atoms with Gasteiger partial charge >= 0.3 is 0 Å². The van der Waals surface area contributed by atoms with Crippen molar-refractivity contribution in [2.24, 2.45) is 7.05 Å². The average Bonchev–Trinajstić information content (AvgIpc) is 2.61. The van der Waals surface area contributed by atoms with Crippen LogP contribution in [0.4, 0.5) is 0 Å². The number of rotatable bonds is 4. The van der Waals surface area contributed by atoms with Crippen molar-refractivity contribution in [3.63, 3.8) is 0 Å². The minimum atomic E-state index is 0.482. The maximum atomic E-state index is 4.73. The number of hydrogen-bond acceptors (Lipinski definition) is 1. The number of benzene rings is 1. The first-order valence-electron chi connectivity index (χ1n) is 10.3. The van der Waals surface area contributed by atoms with Crippen LogP contribution in [-0.2, 0) is 7.05 Å². The second-order valence-corrected chi connectivity index (χ2v) is 8.57. The molecule has 2 nitrogen and oxygen atoms in total. The number of aromatic nitrogens is 2. The molecule has 146 valence electrons. The molecule has 2 aromatic heterocycles. The lowest BCUT2D eigenvalue weighted by molar-refractivity contribution is -0.660. The zero-order valence-electron chi connectivity index (χ0n) is 18.6. The van der Waals surface area contributed by atoms with Gasteiger partial charge in [-0.3, -0.25) is 4.98 Å². The summed E-state index contributed by atoms with van der Waals surface area (Å²) in [5.41, 5.74) is 11.4. The van der Waals surface area contributed by atoms with Crippen molar-refractivity contribution in [3.8, 4) is 22.4 Å². The van der Waals surface area contributed by atoms with Crippen LogP contribution in [0.3, 0.4) is 0 Å². The van der Waals surface area contributed by atoms with Gasteiger partial charge in [0.1, 0.15) is 7.05 Å². The first-order valence-corrected chi connectivity index (χ1v) is 10.3. The predicted molar refractivity (Wildman–Crippen MR) is 119 cm³/mol. The van der Waals surface area contributed by atoms with Crippen molar-refractivity contribution in [3.05, 3.63) is 70.7 Å². The topological polar surface area (TPSA) is 16.8 Å². The van der Waals surface area contributed by atoms with Gasteiger partial charge in [0, 0.05) is 17.8 Å². The Hall–Kier alpha value is -2.48. The van der Waals surface area contributed by atoms with E-state index in [-0.39, 0.29) is 0 Å². The van der Waals surface area contributed by atoms with Gasteiger partial charge in [-0.2, -0.15) is 0 Å². The highest BCUT2D eigenvalue weighted by Gasteiger charge is 2.21. The van der Waals surface area contributed by atoms with Crippen LogP contribution in [0.25, 0.3) is 22.4 Å². The van der Waals surface area contributed by atoms with Crippen molar-refractivity contribution < 1.29 is 4.57 Å². The fourth-order valence-electron chi connectivity index (χ4n) is 4.27. The van der Waals surface area contributed by atoms with Crippen LogP contribution < -0.4 is 4.57 Å². The molecular weight excluding hydrogens is 340 g/mol. The standard InChI is InChI=1S/C26H33N2/c1-16(2)22-10-9-11-23(17(3)4)26(22)21-12-13-28(8)24(15-21)25-18(5)14-19(6)27-20(25)7/h9-17H,1-8H3/q+1. The molecule has 2 heteroatoms. The van der Waals surface area contributed by atoms with Gasteiger partial charge in [-0.25, -0.2) is 4.57 Å². The van der Waals surface area contributed by atoms with Gasteiger partial charge < -0.3 is 0 Å². The van der Waals surface area contributed by atoms with Crippen LogP contribution in [0.1, 0.15) is 67.6 Å². The van der Waals surface area contributed by atoms with Crippen molar-refractivity contribution in [2.75, 3.05) is 0 Å². The molecule has 28 heavy (non-hydrogen) atoms. The summed E-state index contributed by atoms with van der Waals surface area (Å²) in [5, 5.41) is 0. The normalized spacial score (nSPS) is 11.5. The summed E-state index contributed by atoms with van der Waals surface area (Å²) < 4.78 is 2.21. The lowest BCUT2D eigenvalue weighted by Gasteiger charge is -2.20. The van der Waals surface area contributed by atoms with E-state index in [2.05, 4.69) is 103 Å². The van der Waals surface area contributed by atoms with Gasteiger partial charge in [0.05, 0.1) is 11.3 Å². The lowest BCUT2D eigenvalue weighted by Crippen LogP contribution is -2.31. The van der Waals surface area contributed by atoms with Crippen LogP contribution in [0, 0.1) is 20.8 Å². The second-order valence-electron chi connectivity index (χ2n) is 8.57. The van der Waals surface area contributed by atoms with Crippen LogP contribution in [-0.4, -0.2) is 4.98 Å². The Balaban J connectivity index is 2.30. The molecule has 0 saturated heterocycles. The Morgan fingerprint density at radius 1 is 0.821 bits per heavy atom. The molecule has 0 fully saturated rings. The van der Waals surface area contributed by atoms with Crippen LogP contribution >= 0.6 is 0 Å². The molecule has 0 radical (unpaired) electrons. The zero-order chi connectivity index (χ0) is 20.6. The molecule has 0 aliphatic heterocycles. The van der Waals surface area contributed by atoms with Crippen LogP contribution in [0.15, 0.2) is 42.6 Å². The average molecular weight is 374 g/mol. The first-order chi connectivity index (χ1) is 13.2. The molecule has 3 aromatic rings. The minimum Gasteiger partial charge on any atom is -0.258 e. The van der Waals surface area contributed by atoms with E-state index in [1.165, 1.54) is 39.1 Å². The summed E-state index contributed by atoms with van der Waals surface area (Å²) in [6.45, 7) is 15.5. The van der Waals surface area contributed by atoms with E-state index in [1.807, 2.05) is 0 Å². The van der Waals surface area contributed by atoms with Crippen molar-refractivity contribution >= 4 is 0 Å². The molecule has 0 amide bonds. The third-order valence-electron chi connectivity index (χ3n) is 5.59. The monoisotopic (exact) mass is 373 g/mol. The summed E-state index contributed by atoms with van der Waals surface area (Å²) in [6, 6.07) is 13.5. The van der Waals surface area contributed by atoms with Gasteiger partial charge in [0.15, 0.2) is 6.20 Å². The van der Waals surface area contributed by atoms with E-state index in [1.54, 1.807) is 0 Å². The Morgan fingerprint density at radius 3 is 1.96 bits per heavy atom. The molecule has 0 aliphatic carbocycles. The third kappa shape index (κ3) is 3.73. The van der Waals surface area contributed by atoms with Crippen LogP contribution in [0.5, 0.6) is 0 Å². The maximum absolute atomic E-state index is 4.73. The SMILES string of the molecule is Cc1cc(C)c(-c2cc(-c3c(C(C)C)cccc3C(C)C)cc[n+]2C)c(C)n1. The van der Waals surface area contributed by atoms with Crippen molar-refractivity contribution in [1.82, 2.24) is 4.98 Å². The molecule has 0 N–H and O–H groups in total. The molecule has 0 saturated carbocycles. The number of hydrogen-bond donors (Lipinski definition) is 0. The highest BCUT2D eigenvalue weighted by Crippen LogP contribution is 2.37. The molecule has 0 spiro atoms. The van der Waals surface area contributed by atoms with Gasteiger partial charge in [0.2, 0.25) is 5.69 Å². The Kier molecular flexibility index (Phi) is 5.69. The second kappa shape index (κ2) is 7.87. The van der Waals surface area contributed by atoms with E-state index >= 15 is 0 Å². The van der Waals surface area contributed by atoms with Gasteiger partial charge in [-0.05, 0) is 66.5 Å². The first kappa shape index (κ1) is 20.3. The number of nitrogens with zero attached hydrogens (tertiary/aromatic N) is 2. The highest BCUT2D eigenvalue weighted by molar-refractivity contribution is 5.76.